The Morgan fingerprint density at radius 1 is 1.26 bits per heavy atom. The number of benzene rings is 2. The molecular weight excluding hydrogens is 347 g/mol. The maximum atomic E-state index is 13.1. The average Bonchev–Trinajstić information content (AvgIpc) is 3.12. The lowest BCUT2D eigenvalue weighted by atomic mass is 10.0. The number of methoxy groups -OCH3 is 1. The second-order valence-corrected chi connectivity index (χ2v) is 6.62. The van der Waals surface area contributed by atoms with Crippen molar-refractivity contribution in [2.75, 3.05) is 20.3 Å². The summed E-state index contributed by atoms with van der Waals surface area (Å²) in [7, 11) is 1.49. The SMILES string of the molecule is COCC(=O)N(Cc1ccc(F)cc1)CC1CC(c2ccccc2C)=NO1. The predicted octanol–water partition coefficient (Wildman–Crippen LogP) is 3.30. The Labute approximate surface area is 158 Å². The minimum atomic E-state index is -0.302. The Morgan fingerprint density at radius 3 is 2.70 bits per heavy atom. The third-order valence-corrected chi connectivity index (χ3v) is 4.52. The standard InChI is InChI=1S/C21H23FN2O3/c1-15-5-3-4-6-19(15)20-11-18(27-23-20)13-24(21(25)14-26-2)12-16-7-9-17(22)10-8-16/h3-10,18H,11-14H2,1-2H3. The summed E-state index contributed by atoms with van der Waals surface area (Å²) >= 11 is 0. The number of carbonyl (C=O) groups is 1. The molecule has 0 saturated carbocycles. The van der Waals surface area contributed by atoms with Crippen molar-refractivity contribution in [3.63, 3.8) is 0 Å². The Hall–Kier alpha value is -2.73. The monoisotopic (exact) mass is 370 g/mol. The average molecular weight is 370 g/mol. The summed E-state index contributed by atoms with van der Waals surface area (Å²) < 4.78 is 18.1. The molecule has 6 heteroatoms. The van der Waals surface area contributed by atoms with Crippen LogP contribution in [0.2, 0.25) is 0 Å². The third-order valence-electron chi connectivity index (χ3n) is 4.52. The Morgan fingerprint density at radius 2 is 2.00 bits per heavy atom. The van der Waals surface area contributed by atoms with Crippen molar-refractivity contribution in [3.8, 4) is 0 Å². The lowest BCUT2D eigenvalue weighted by Crippen LogP contribution is -2.39. The quantitative estimate of drug-likeness (QED) is 0.751. The first kappa shape index (κ1) is 19.0. The maximum absolute atomic E-state index is 13.1. The first-order valence-electron chi connectivity index (χ1n) is 8.86. The van der Waals surface area contributed by atoms with Gasteiger partial charge in [0.15, 0.2) is 6.10 Å². The summed E-state index contributed by atoms with van der Waals surface area (Å²) in [6, 6.07) is 14.1. The number of ether oxygens (including phenoxy) is 1. The smallest absolute Gasteiger partial charge is 0.248 e. The van der Waals surface area contributed by atoms with E-state index in [1.165, 1.54) is 19.2 Å². The molecule has 1 amide bonds. The van der Waals surface area contributed by atoms with E-state index in [1.807, 2.05) is 31.2 Å². The van der Waals surface area contributed by atoms with Crippen LogP contribution in [0.25, 0.3) is 0 Å². The van der Waals surface area contributed by atoms with E-state index in [0.29, 0.717) is 19.5 Å². The number of hydrogen-bond acceptors (Lipinski definition) is 4. The molecule has 0 N–H and O–H groups in total. The minimum absolute atomic E-state index is 0.0145. The van der Waals surface area contributed by atoms with Gasteiger partial charge in [0.1, 0.15) is 12.4 Å². The van der Waals surface area contributed by atoms with Crippen LogP contribution in [0.4, 0.5) is 4.39 Å². The van der Waals surface area contributed by atoms with Gasteiger partial charge in [0, 0.05) is 25.6 Å². The molecule has 1 aliphatic heterocycles. The van der Waals surface area contributed by atoms with Crippen molar-refractivity contribution in [3.05, 3.63) is 71.0 Å². The number of halogens is 1. The molecule has 3 rings (SSSR count). The largest absolute Gasteiger partial charge is 0.390 e. The summed E-state index contributed by atoms with van der Waals surface area (Å²) in [6.07, 6.45) is 0.409. The fourth-order valence-corrected chi connectivity index (χ4v) is 3.11. The summed E-state index contributed by atoms with van der Waals surface area (Å²) in [5.41, 5.74) is 3.94. The van der Waals surface area contributed by atoms with Gasteiger partial charge in [-0.2, -0.15) is 0 Å². The third kappa shape index (κ3) is 4.92. The van der Waals surface area contributed by atoms with Crippen LogP contribution in [-0.4, -0.2) is 42.9 Å². The van der Waals surface area contributed by atoms with Crippen LogP contribution < -0.4 is 0 Å². The van der Waals surface area contributed by atoms with Gasteiger partial charge in [-0.15, -0.1) is 0 Å². The molecule has 1 atom stereocenters. The number of rotatable bonds is 7. The summed E-state index contributed by atoms with van der Waals surface area (Å²) in [5.74, 6) is -0.446. The van der Waals surface area contributed by atoms with E-state index >= 15 is 0 Å². The van der Waals surface area contributed by atoms with Crippen LogP contribution in [0, 0.1) is 12.7 Å². The summed E-state index contributed by atoms with van der Waals surface area (Å²) in [4.78, 5) is 19.7. The van der Waals surface area contributed by atoms with Gasteiger partial charge < -0.3 is 14.5 Å². The van der Waals surface area contributed by atoms with E-state index in [2.05, 4.69) is 5.16 Å². The van der Waals surface area contributed by atoms with Gasteiger partial charge in [-0.3, -0.25) is 4.79 Å². The molecule has 1 heterocycles. The zero-order chi connectivity index (χ0) is 19.2. The second-order valence-electron chi connectivity index (χ2n) is 6.62. The number of carbonyl (C=O) groups excluding carboxylic acids is 1. The number of amides is 1. The topological polar surface area (TPSA) is 51.1 Å². The molecule has 5 nitrogen and oxygen atoms in total. The molecule has 1 unspecified atom stereocenters. The van der Waals surface area contributed by atoms with Crippen LogP contribution in [-0.2, 0) is 20.9 Å². The van der Waals surface area contributed by atoms with E-state index in [-0.39, 0.29) is 24.4 Å². The van der Waals surface area contributed by atoms with Crippen LogP contribution >= 0.6 is 0 Å². The minimum Gasteiger partial charge on any atom is -0.390 e. The Balaban J connectivity index is 1.67. The molecule has 0 fully saturated rings. The van der Waals surface area contributed by atoms with E-state index in [1.54, 1.807) is 17.0 Å². The van der Waals surface area contributed by atoms with Crippen LogP contribution in [0.5, 0.6) is 0 Å². The van der Waals surface area contributed by atoms with Crippen molar-refractivity contribution >= 4 is 11.6 Å². The number of hydrogen-bond donors (Lipinski definition) is 0. The van der Waals surface area contributed by atoms with Gasteiger partial charge in [0.2, 0.25) is 5.91 Å². The maximum Gasteiger partial charge on any atom is 0.248 e. The van der Waals surface area contributed by atoms with Gasteiger partial charge in [0.25, 0.3) is 0 Å². The highest BCUT2D eigenvalue weighted by molar-refractivity contribution is 6.02. The van der Waals surface area contributed by atoms with E-state index < -0.39 is 0 Å². The molecule has 0 bridgehead atoms. The molecule has 0 aromatic heterocycles. The van der Waals surface area contributed by atoms with Gasteiger partial charge in [-0.05, 0) is 30.2 Å². The Bertz CT molecular complexity index is 820. The van der Waals surface area contributed by atoms with E-state index in [4.69, 9.17) is 9.57 Å². The predicted molar refractivity (Wildman–Crippen MR) is 101 cm³/mol. The second kappa shape index (κ2) is 8.77. The van der Waals surface area contributed by atoms with Gasteiger partial charge in [0.05, 0.1) is 12.3 Å². The van der Waals surface area contributed by atoms with Crippen LogP contribution in [0.3, 0.4) is 0 Å². The summed E-state index contributed by atoms with van der Waals surface area (Å²) in [5, 5.41) is 4.22. The van der Waals surface area contributed by atoms with E-state index in [0.717, 1.165) is 22.4 Å². The number of oxime groups is 1. The van der Waals surface area contributed by atoms with Gasteiger partial charge in [-0.1, -0.05) is 41.6 Å². The molecule has 0 radical (unpaired) electrons. The highest BCUT2D eigenvalue weighted by Crippen LogP contribution is 2.21. The molecular formula is C21H23FN2O3. The number of nitrogens with zero attached hydrogens (tertiary/aromatic N) is 2. The van der Waals surface area contributed by atoms with E-state index in [9.17, 15) is 9.18 Å². The van der Waals surface area contributed by atoms with Crippen molar-refractivity contribution in [1.29, 1.82) is 0 Å². The van der Waals surface area contributed by atoms with Crippen LogP contribution in [0.1, 0.15) is 23.1 Å². The normalized spacial score (nSPS) is 16.0. The molecule has 27 heavy (non-hydrogen) atoms. The molecule has 142 valence electrons. The zero-order valence-electron chi connectivity index (χ0n) is 15.5. The molecule has 2 aromatic rings. The van der Waals surface area contributed by atoms with Gasteiger partial charge >= 0.3 is 0 Å². The highest BCUT2D eigenvalue weighted by atomic mass is 19.1. The summed E-state index contributed by atoms with van der Waals surface area (Å²) in [6.45, 7) is 2.77. The zero-order valence-corrected chi connectivity index (χ0v) is 15.5. The molecule has 2 aromatic carbocycles. The van der Waals surface area contributed by atoms with Crippen molar-refractivity contribution in [2.24, 2.45) is 5.16 Å². The van der Waals surface area contributed by atoms with Crippen molar-refractivity contribution in [1.82, 2.24) is 4.90 Å². The fourth-order valence-electron chi connectivity index (χ4n) is 3.11. The van der Waals surface area contributed by atoms with Crippen molar-refractivity contribution < 1.29 is 18.8 Å². The van der Waals surface area contributed by atoms with Crippen LogP contribution in [0.15, 0.2) is 53.7 Å². The fraction of sp³-hybridized carbons (Fsp3) is 0.333. The first-order valence-corrected chi connectivity index (χ1v) is 8.86. The first-order chi connectivity index (χ1) is 13.1. The Kier molecular flexibility index (Phi) is 6.19. The van der Waals surface area contributed by atoms with Gasteiger partial charge in [-0.25, -0.2) is 4.39 Å². The molecule has 0 aliphatic carbocycles. The molecule has 0 saturated heterocycles. The number of aryl methyl sites for hydroxylation is 1. The highest BCUT2D eigenvalue weighted by Gasteiger charge is 2.27. The lowest BCUT2D eigenvalue weighted by Gasteiger charge is -2.24. The van der Waals surface area contributed by atoms with Crippen molar-refractivity contribution in [2.45, 2.75) is 26.0 Å². The lowest BCUT2D eigenvalue weighted by molar-refractivity contribution is -0.137. The molecule has 0 spiro atoms. The molecule has 1 aliphatic rings.